The summed E-state index contributed by atoms with van der Waals surface area (Å²) in [6.07, 6.45) is 5.84. The molecule has 0 amide bonds. The molecule has 0 atom stereocenters. The van der Waals surface area contributed by atoms with Crippen molar-refractivity contribution in [3.8, 4) is 39.8 Å². The number of imidazole rings is 1. The molecule has 5 aromatic carbocycles. The average molecular weight is 1030 g/mol. The summed E-state index contributed by atoms with van der Waals surface area (Å²) >= 11 is 0. The maximum absolute atomic E-state index is 6.90. The average Bonchev–Trinajstić information content (AvgIpc) is 3.78. The summed E-state index contributed by atoms with van der Waals surface area (Å²) in [6.45, 7) is 34.1. The molecule has 0 unspecified atom stereocenters. The number of fused-ring (bicyclic) bond motifs is 3. The molecule has 0 spiro atoms. The van der Waals surface area contributed by atoms with Crippen molar-refractivity contribution in [1.29, 1.82) is 0 Å². The molecule has 0 radical (unpaired) electrons. The van der Waals surface area contributed by atoms with E-state index in [0.717, 1.165) is 44.6 Å². The van der Waals surface area contributed by atoms with Gasteiger partial charge in [0.2, 0.25) is 0 Å². The minimum absolute atomic E-state index is 0. The number of para-hydroxylation sites is 1. The van der Waals surface area contributed by atoms with Gasteiger partial charge in [0, 0.05) is 44.3 Å². The van der Waals surface area contributed by atoms with Gasteiger partial charge in [-0.25, -0.2) is 4.98 Å². The molecule has 64 heavy (non-hydrogen) atoms. The number of rotatable bonds is 6. The van der Waals surface area contributed by atoms with Crippen molar-refractivity contribution in [2.75, 3.05) is 0 Å². The number of aromatic nitrogens is 4. The molecule has 6 heteroatoms. The van der Waals surface area contributed by atoms with Crippen LogP contribution in [-0.2, 0) is 48.1 Å². The molecule has 8 rings (SSSR count). The van der Waals surface area contributed by atoms with Crippen LogP contribution in [-0.4, -0.2) is 14.1 Å². The maximum atomic E-state index is 6.90. The van der Waals surface area contributed by atoms with Gasteiger partial charge in [-0.2, -0.15) is 17.7 Å². The van der Waals surface area contributed by atoms with Gasteiger partial charge in [0.15, 0.2) is 0 Å². The van der Waals surface area contributed by atoms with Gasteiger partial charge in [-0.3, -0.25) is 4.57 Å². The Morgan fingerprint density at radius 2 is 1.17 bits per heavy atom. The van der Waals surface area contributed by atoms with Crippen molar-refractivity contribution < 1.29 is 30.4 Å². The van der Waals surface area contributed by atoms with Gasteiger partial charge in [0.25, 0.3) is 6.33 Å². The zero-order valence-electron chi connectivity index (χ0n) is 40.5. The third kappa shape index (κ3) is 9.16. The number of benzene rings is 5. The van der Waals surface area contributed by atoms with Crippen LogP contribution in [0.25, 0.3) is 50.1 Å². The van der Waals surface area contributed by atoms with Gasteiger partial charge in [0.1, 0.15) is 5.82 Å². The monoisotopic (exact) mass is 1030 g/mol. The Morgan fingerprint density at radius 1 is 0.531 bits per heavy atom. The van der Waals surface area contributed by atoms with Crippen molar-refractivity contribution in [3.05, 3.63) is 162 Å². The molecular formula is C58H64N4OPt-2. The fraction of sp³-hybridized carbons (Fsp3) is 0.345. The number of nitrogens with zero attached hydrogens (tertiary/aromatic N) is 4. The number of ether oxygens (including phenoxy) is 1. The summed E-state index contributed by atoms with van der Waals surface area (Å²) in [4.78, 5) is 4.89. The SMILES string of the molecule is CC(C)(C)c1cc(Oc2[c-]c3c(cc2)c2ccccc2n3-c2cc(C(C)(C)C)ccn2)[c-]c(-n2[c-][n+](-c3cc(-c4ccccc4)cc(C(C)(C)C)c3)c(C(C)(C)C)c2C(C)(C)C)c1.[Pt]. The first-order valence-electron chi connectivity index (χ1n) is 22.4. The predicted molar refractivity (Wildman–Crippen MR) is 261 cm³/mol. The van der Waals surface area contributed by atoms with Crippen LogP contribution < -0.4 is 9.30 Å². The van der Waals surface area contributed by atoms with E-state index in [1.165, 1.54) is 33.6 Å². The Kier molecular flexibility index (Phi) is 12.1. The fourth-order valence-corrected chi connectivity index (χ4v) is 8.56. The summed E-state index contributed by atoms with van der Waals surface area (Å²) in [6, 6.07) is 46.5. The van der Waals surface area contributed by atoms with Crippen molar-refractivity contribution in [2.24, 2.45) is 0 Å². The molecule has 0 aliphatic rings. The molecule has 5 nitrogen and oxygen atoms in total. The van der Waals surface area contributed by atoms with Gasteiger partial charge in [0.05, 0.1) is 17.1 Å². The van der Waals surface area contributed by atoms with Crippen LogP contribution in [0.4, 0.5) is 0 Å². The van der Waals surface area contributed by atoms with Crippen molar-refractivity contribution >= 4 is 21.8 Å². The zero-order chi connectivity index (χ0) is 45.4. The molecule has 0 saturated carbocycles. The standard InChI is InChI=1S/C58H64N4O.Pt/c1-54(2,3)40-27-28-59-51(34-40)62-49-24-20-19-23-47(49)48-26-25-45(36-50(48)62)63-46-33-42(56(7,8)9)32-44(35-46)61-37-60(52(57(10,11)12)53(61)58(13,14)15)43-30-39(38-21-17-16-18-22-38)29-41(31-43)55(4,5)6;/h16-34H,1-15H3;/q-2;. The first-order valence-corrected chi connectivity index (χ1v) is 22.4. The summed E-state index contributed by atoms with van der Waals surface area (Å²) in [5.74, 6) is 2.09. The van der Waals surface area contributed by atoms with Gasteiger partial charge < -0.3 is 13.9 Å². The Labute approximate surface area is 396 Å². The van der Waals surface area contributed by atoms with Crippen molar-refractivity contribution in [3.63, 3.8) is 0 Å². The number of hydrogen-bond donors (Lipinski definition) is 0. The molecule has 0 aliphatic carbocycles. The summed E-state index contributed by atoms with van der Waals surface area (Å²) in [5, 5.41) is 2.24. The van der Waals surface area contributed by atoms with Gasteiger partial charge >= 0.3 is 0 Å². The molecular weight excluding hydrogens is 964 g/mol. The van der Waals surface area contributed by atoms with Gasteiger partial charge in [-0.15, -0.1) is 29.7 Å². The van der Waals surface area contributed by atoms with Crippen LogP contribution in [0.2, 0.25) is 0 Å². The molecule has 0 N–H and O–H groups in total. The first kappa shape index (κ1) is 46.7. The summed E-state index contributed by atoms with van der Waals surface area (Å²) in [7, 11) is 0. The second-order valence-corrected chi connectivity index (χ2v) is 22.4. The van der Waals surface area contributed by atoms with Gasteiger partial charge in [-0.1, -0.05) is 164 Å². The van der Waals surface area contributed by atoms with E-state index in [9.17, 15) is 0 Å². The first-order chi connectivity index (χ1) is 29.4. The predicted octanol–water partition coefficient (Wildman–Crippen LogP) is 14.6. The van der Waals surface area contributed by atoms with E-state index in [1.54, 1.807) is 0 Å². The smallest absolute Gasteiger partial charge is 0.267 e. The van der Waals surface area contributed by atoms with Crippen LogP contribution in [0.1, 0.15) is 132 Å². The Bertz CT molecular complexity index is 2990. The van der Waals surface area contributed by atoms with E-state index >= 15 is 0 Å². The zero-order valence-corrected chi connectivity index (χ0v) is 42.8. The quantitative estimate of drug-likeness (QED) is 0.123. The molecule has 0 saturated heterocycles. The fourth-order valence-electron chi connectivity index (χ4n) is 8.56. The van der Waals surface area contributed by atoms with E-state index < -0.39 is 0 Å². The minimum atomic E-state index is -0.259. The van der Waals surface area contributed by atoms with E-state index in [2.05, 4.69) is 239 Å². The van der Waals surface area contributed by atoms with Crippen LogP contribution in [0.5, 0.6) is 11.5 Å². The van der Waals surface area contributed by atoms with Crippen molar-refractivity contribution in [2.45, 2.75) is 131 Å². The Balaban J connectivity index is 0.00000612. The van der Waals surface area contributed by atoms with E-state index in [-0.39, 0.29) is 48.1 Å². The van der Waals surface area contributed by atoms with E-state index in [1.807, 2.05) is 12.3 Å². The summed E-state index contributed by atoms with van der Waals surface area (Å²) in [5.41, 5.74) is 11.5. The maximum Gasteiger partial charge on any atom is 0.267 e. The topological polar surface area (TPSA) is 35.9 Å². The van der Waals surface area contributed by atoms with Crippen LogP contribution >= 0.6 is 0 Å². The van der Waals surface area contributed by atoms with Gasteiger partial charge in [-0.05, 0) is 90.7 Å². The van der Waals surface area contributed by atoms with Crippen LogP contribution in [0.15, 0.2) is 115 Å². The van der Waals surface area contributed by atoms with Crippen LogP contribution in [0.3, 0.4) is 0 Å². The van der Waals surface area contributed by atoms with E-state index in [4.69, 9.17) is 9.72 Å². The van der Waals surface area contributed by atoms with Crippen molar-refractivity contribution in [1.82, 2.24) is 14.1 Å². The summed E-state index contributed by atoms with van der Waals surface area (Å²) < 4.78 is 13.7. The largest absolute Gasteiger partial charge is 0.510 e. The molecule has 0 bridgehead atoms. The van der Waals surface area contributed by atoms with Crippen LogP contribution in [0, 0.1) is 18.5 Å². The second kappa shape index (κ2) is 16.6. The third-order valence-electron chi connectivity index (χ3n) is 12.0. The third-order valence-corrected chi connectivity index (χ3v) is 12.0. The molecule has 334 valence electrons. The molecule has 3 aromatic heterocycles. The second-order valence-electron chi connectivity index (χ2n) is 22.4. The number of pyridine rings is 1. The Morgan fingerprint density at radius 3 is 1.81 bits per heavy atom. The molecule has 3 heterocycles. The number of hydrogen-bond acceptors (Lipinski definition) is 2. The minimum Gasteiger partial charge on any atom is -0.510 e. The molecule has 0 aliphatic heterocycles. The Hall–Kier alpha value is -5.25. The normalized spacial score (nSPS) is 12.8. The van der Waals surface area contributed by atoms with E-state index in [0.29, 0.717) is 11.5 Å². The molecule has 0 fully saturated rings. The molecule has 8 aromatic rings.